The second-order valence-corrected chi connectivity index (χ2v) is 7.60. The van der Waals surface area contributed by atoms with E-state index < -0.39 is 28.3 Å². The molecule has 0 fully saturated rings. The van der Waals surface area contributed by atoms with Crippen molar-refractivity contribution in [3.05, 3.63) is 103 Å². The van der Waals surface area contributed by atoms with Crippen LogP contribution in [0.5, 0.6) is 11.5 Å². The van der Waals surface area contributed by atoms with Gasteiger partial charge in [-0.1, -0.05) is 34.1 Å². The zero-order chi connectivity index (χ0) is 25.4. The molecule has 13 heteroatoms. The summed E-state index contributed by atoms with van der Waals surface area (Å²) < 4.78 is 11.2. The van der Waals surface area contributed by atoms with Crippen LogP contribution < -0.4 is 14.9 Å². The number of amides is 1. The van der Waals surface area contributed by atoms with Crippen molar-refractivity contribution in [2.45, 2.75) is 0 Å². The molecule has 0 unspecified atom stereocenters. The number of nitro groups is 2. The number of non-ortho nitro benzene ring substituents is 1. The van der Waals surface area contributed by atoms with Gasteiger partial charge in [0.1, 0.15) is 5.75 Å². The van der Waals surface area contributed by atoms with Crippen LogP contribution in [0.2, 0.25) is 0 Å². The average molecular weight is 543 g/mol. The standard InChI is InChI=1S/C22H15BrN4O8/c23-16-5-3-4-14(10-16)22(29)35-19-9-8-17(26(30)31)11-15(19)12-24-25-21(28)13-34-20-7-2-1-6-18(20)27(32)33/h1-12H,13H2,(H,25,28)/b24-12+. The van der Waals surface area contributed by atoms with Gasteiger partial charge in [-0.15, -0.1) is 0 Å². The lowest BCUT2D eigenvalue weighted by Gasteiger charge is -2.08. The zero-order valence-corrected chi connectivity index (χ0v) is 19.2. The summed E-state index contributed by atoms with van der Waals surface area (Å²) >= 11 is 3.25. The monoisotopic (exact) mass is 542 g/mol. The predicted molar refractivity (Wildman–Crippen MR) is 127 cm³/mol. The SMILES string of the molecule is O=C(COc1ccccc1[N+](=O)[O-])N/N=C/c1cc([N+](=O)[O-])ccc1OC(=O)c1cccc(Br)c1. The molecule has 178 valence electrons. The quantitative estimate of drug-likeness (QED) is 0.139. The number of rotatable bonds is 9. The molecule has 0 bridgehead atoms. The Hall–Kier alpha value is -4.65. The third-order valence-corrected chi connectivity index (χ3v) is 4.77. The number of hydrazone groups is 1. The highest BCUT2D eigenvalue weighted by molar-refractivity contribution is 9.10. The molecule has 0 aliphatic heterocycles. The van der Waals surface area contributed by atoms with Crippen molar-refractivity contribution in [1.82, 2.24) is 5.43 Å². The van der Waals surface area contributed by atoms with E-state index in [2.05, 4.69) is 26.5 Å². The highest BCUT2D eigenvalue weighted by atomic mass is 79.9. The molecule has 0 heterocycles. The van der Waals surface area contributed by atoms with E-state index in [-0.39, 0.29) is 34.0 Å². The summed E-state index contributed by atoms with van der Waals surface area (Å²) in [5.41, 5.74) is 1.82. The van der Waals surface area contributed by atoms with E-state index in [0.717, 1.165) is 18.3 Å². The Morgan fingerprint density at radius 1 is 0.971 bits per heavy atom. The van der Waals surface area contributed by atoms with E-state index in [0.29, 0.717) is 4.47 Å². The Morgan fingerprint density at radius 2 is 1.74 bits per heavy atom. The largest absolute Gasteiger partial charge is 0.477 e. The topological polar surface area (TPSA) is 163 Å². The zero-order valence-electron chi connectivity index (χ0n) is 17.6. The smallest absolute Gasteiger partial charge is 0.343 e. The highest BCUT2D eigenvalue weighted by Gasteiger charge is 2.16. The molecule has 0 atom stereocenters. The normalized spacial score (nSPS) is 10.5. The summed E-state index contributed by atoms with van der Waals surface area (Å²) in [6.07, 6.45) is 1.05. The first-order valence-corrected chi connectivity index (χ1v) is 10.5. The number of benzene rings is 3. The van der Waals surface area contributed by atoms with E-state index in [9.17, 15) is 29.8 Å². The average Bonchev–Trinajstić information content (AvgIpc) is 2.83. The fourth-order valence-electron chi connectivity index (χ4n) is 2.70. The van der Waals surface area contributed by atoms with Gasteiger partial charge in [0.15, 0.2) is 12.4 Å². The van der Waals surface area contributed by atoms with Crippen molar-refractivity contribution >= 4 is 45.4 Å². The van der Waals surface area contributed by atoms with Crippen molar-refractivity contribution in [3.63, 3.8) is 0 Å². The number of halogens is 1. The van der Waals surface area contributed by atoms with E-state index in [1.165, 1.54) is 36.4 Å². The Balaban J connectivity index is 1.71. The fourth-order valence-corrected chi connectivity index (χ4v) is 3.10. The Labute approximate surface area is 205 Å². The first kappa shape index (κ1) is 25.0. The first-order chi connectivity index (χ1) is 16.7. The number of nitrogens with one attached hydrogen (secondary N) is 1. The van der Waals surface area contributed by atoms with E-state index >= 15 is 0 Å². The maximum atomic E-state index is 12.5. The summed E-state index contributed by atoms with van der Waals surface area (Å²) in [6, 6.07) is 15.5. The molecule has 1 N–H and O–H groups in total. The van der Waals surface area contributed by atoms with Crippen molar-refractivity contribution in [2.24, 2.45) is 5.10 Å². The van der Waals surface area contributed by atoms with Gasteiger partial charge in [-0.2, -0.15) is 5.10 Å². The lowest BCUT2D eigenvalue weighted by atomic mass is 10.2. The number of esters is 1. The van der Waals surface area contributed by atoms with Crippen molar-refractivity contribution in [2.75, 3.05) is 6.61 Å². The molecule has 3 aromatic rings. The summed E-state index contributed by atoms with van der Waals surface area (Å²) in [5.74, 6) is -1.60. The first-order valence-electron chi connectivity index (χ1n) is 9.69. The summed E-state index contributed by atoms with van der Waals surface area (Å²) in [4.78, 5) is 45.3. The lowest BCUT2D eigenvalue weighted by Crippen LogP contribution is -2.24. The number of para-hydroxylation sites is 2. The number of nitro benzene ring substituents is 2. The van der Waals surface area contributed by atoms with Crippen LogP contribution in [0.1, 0.15) is 15.9 Å². The minimum atomic E-state index is -0.752. The second kappa shape index (κ2) is 11.5. The third-order valence-electron chi connectivity index (χ3n) is 4.28. The molecule has 0 radical (unpaired) electrons. The van der Waals surface area contributed by atoms with Crippen LogP contribution in [-0.4, -0.2) is 34.5 Å². The summed E-state index contributed by atoms with van der Waals surface area (Å²) in [6.45, 7) is -0.581. The summed E-state index contributed by atoms with van der Waals surface area (Å²) in [7, 11) is 0. The van der Waals surface area contributed by atoms with Gasteiger partial charge in [0, 0.05) is 28.2 Å². The number of ether oxygens (including phenoxy) is 2. The minimum Gasteiger partial charge on any atom is -0.477 e. The maximum Gasteiger partial charge on any atom is 0.343 e. The molecule has 0 saturated heterocycles. The molecule has 0 spiro atoms. The van der Waals surface area contributed by atoms with E-state index in [4.69, 9.17) is 9.47 Å². The van der Waals surface area contributed by atoms with Crippen LogP contribution in [0.15, 0.2) is 76.3 Å². The van der Waals surface area contributed by atoms with Gasteiger partial charge < -0.3 is 9.47 Å². The molecule has 0 aliphatic carbocycles. The Bertz CT molecular complexity index is 1330. The second-order valence-electron chi connectivity index (χ2n) is 6.69. The molecule has 3 rings (SSSR count). The number of hydrogen-bond acceptors (Lipinski definition) is 9. The van der Waals surface area contributed by atoms with Crippen LogP contribution in [0.3, 0.4) is 0 Å². The molecule has 3 aromatic carbocycles. The minimum absolute atomic E-state index is 0.0327. The highest BCUT2D eigenvalue weighted by Crippen LogP contribution is 2.26. The van der Waals surface area contributed by atoms with Crippen LogP contribution >= 0.6 is 15.9 Å². The molecular weight excluding hydrogens is 528 g/mol. The Kier molecular flexibility index (Phi) is 8.19. The molecule has 12 nitrogen and oxygen atoms in total. The molecule has 1 amide bonds. The van der Waals surface area contributed by atoms with E-state index in [1.54, 1.807) is 18.2 Å². The molecule has 0 saturated carbocycles. The van der Waals surface area contributed by atoms with Gasteiger partial charge in [-0.3, -0.25) is 25.0 Å². The van der Waals surface area contributed by atoms with Crippen LogP contribution in [0.4, 0.5) is 11.4 Å². The van der Waals surface area contributed by atoms with Crippen LogP contribution in [0.25, 0.3) is 0 Å². The molecule has 35 heavy (non-hydrogen) atoms. The van der Waals surface area contributed by atoms with Crippen molar-refractivity contribution < 1.29 is 28.9 Å². The predicted octanol–water partition coefficient (Wildman–Crippen LogP) is 4.01. The Morgan fingerprint density at radius 3 is 2.46 bits per heavy atom. The number of carbonyl (C=O) groups excluding carboxylic acids is 2. The lowest BCUT2D eigenvalue weighted by molar-refractivity contribution is -0.385. The summed E-state index contributed by atoms with van der Waals surface area (Å²) in [5, 5.41) is 25.8. The molecular formula is C22H15BrN4O8. The van der Waals surface area contributed by atoms with Gasteiger partial charge >= 0.3 is 11.7 Å². The number of nitrogens with zero attached hydrogens (tertiary/aromatic N) is 3. The van der Waals surface area contributed by atoms with Gasteiger partial charge in [-0.05, 0) is 30.3 Å². The van der Waals surface area contributed by atoms with Gasteiger partial charge in [0.2, 0.25) is 0 Å². The number of carbonyl (C=O) groups is 2. The fraction of sp³-hybridized carbons (Fsp3) is 0.0455. The van der Waals surface area contributed by atoms with Gasteiger partial charge in [0.05, 0.1) is 21.6 Å². The molecule has 0 aliphatic rings. The molecule has 0 aromatic heterocycles. The van der Waals surface area contributed by atoms with Crippen molar-refractivity contribution in [3.8, 4) is 11.5 Å². The van der Waals surface area contributed by atoms with Gasteiger partial charge in [-0.25, -0.2) is 10.2 Å². The number of hydrogen-bond donors (Lipinski definition) is 1. The van der Waals surface area contributed by atoms with Crippen LogP contribution in [-0.2, 0) is 4.79 Å². The third kappa shape index (κ3) is 6.91. The van der Waals surface area contributed by atoms with Crippen LogP contribution in [0, 0.1) is 20.2 Å². The maximum absolute atomic E-state index is 12.5. The van der Waals surface area contributed by atoms with Crippen molar-refractivity contribution in [1.29, 1.82) is 0 Å². The van der Waals surface area contributed by atoms with Gasteiger partial charge in [0.25, 0.3) is 11.6 Å². The van der Waals surface area contributed by atoms with E-state index in [1.807, 2.05) is 0 Å².